The standard InChI is InChI=1S/C48H28N2O/c1-3-11-29(12-4-1)35-25-26-42-45-43(35)40-28-33(22-23-37(40)38-19-10-20-41(51-42)44(38)45)32-16-9-17-34(27-32)48-49-46(31-14-5-2-6-15-31)39-24-21-30-13-7-8-18-36(30)47(39)50-48/h1-28H. The van der Waals surface area contributed by atoms with E-state index in [1.165, 1.54) is 43.4 Å². The van der Waals surface area contributed by atoms with Gasteiger partial charge in [0.1, 0.15) is 11.2 Å². The lowest BCUT2D eigenvalue weighted by Crippen LogP contribution is -1.96. The summed E-state index contributed by atoms with van der Waals surface area (Å²) in [6.45, 7) is 0. The summed E-state index contributed by atoms with van der Waals surface area (Å²) in [5.41, 5.74) is 10.4. The van der Waals surface area contributed by atoms with Gasteiger partial charge in [-0.15, -0.1) is 0 Å². The topological polar surface area (TPSA) is 38.9 Å². The van der Waals surface area contributed by atoms with Gasteiger partial charge in [0.05, 0.1) is 11.2 Å². The molecule has 0 aliphatic carbocycles. The molecule has 0 aliphatic rings. The molecule has 0 bridgehead atoms. The number of hydrogen-bond acceptors (Lipinski definition) is 3. The molecule has 0 radical (unpaired) electrons. The minimum atomic E-state index is 0.711. The second-order valence-corrected chi connectivity index (χ2v) is 13.3. The van der Waals surface area contributed by atoms with E-state index in [4.69, 9.17) is 14.4 Å². The molecule has 3 heteroatoms. The van der Waals surface area contributed by atoms with Gasteiger partial charge >= 0.3 is 0 Å². The SMILES string of the molecule is c1ccc(-c2nc(-c3cccc(-c4ccc5c(c4)c4c(-c6ccccc6)ccc6oc7cccc5c7c64)c3)nc3c2ccc2ccccc23)cc1. The Morgan fingerprint density at radius 1 is 0.353 bits per heavy atom. The second-order valence-electron chi connectivity index (χ2n) is 13.3. The molecule has 3 nitrogen and oxygen atoms in total. The highest BCUT2D eigenvalue weighted by atomic mass is 16.3. The second kappa shape index (κ2) is 10.8. The van der Waals surface area contributed by atoms with Crippen molar-refractivity contribution in [3.63, 3.8) is 0 Å². The fourth-order valence-electron chi connectivity index (χ4n) is 8.08. The van der Waals surface area contributed by atoms with Crippen molar-refractivity contribution in [1.82, 2.24) is 9.97 Å². The molecule has 9 aromatic carbocycles. The predicted molar refractivity (Wildman–Crippen MR) is 212 cm³/mol. The predicted octanol–water partition coefficient (Wildman–Crippen LogP) is 13.1. The fourth-order valence-corrected chi connectivity index (χ4v) is 8.08. The van der Waals surface area contributed by atoms with Crippen LogP contribution in [0.4, 0.5) is 0 Å². The zero-order valence-electron chi connectivity index (χ0n) is 27.5. The van der Waals surface area contributed by atoms with Gasteiger partial charge in [-0.05, 0) is 74.1 Å². The van der Waals surface area contributed by atoms with Crippen LogP contribution in [-0.2, 0) is 0 Å². The fraction of sp³-hybridized carbons (Fsp3) is 0. The minimum absolute atomic E-state index is 0.711. The summed E-state index contributed by atoms with van der Waals surface area (Å²) in [7, 11) is 0. The Labute approximate surface area is 293 Å². The van der Waals surface area contributed by atoms with Crippen LogP contribution in [0, 0.1) is 0 Å². The molecule has 0 fully saturated rings. The maximum atomic E-state index is 6.44. The highest BCUT2D eigenvalue weighted by Gasteiger charge is 2.21. The molecule has 0 saturated carbocycles. The molecule has 2 aromatic heterocycles. The summed E-state index contributed by atoms with van der Waals surface area (Å²) in [4.78, 5) is 10.5. The number of rotatable bonds is 4. The highest BCUT2D eigenvalue weighted by molar-refractivity contribution is 6.35. The number of benzene rings is 9. The Morgan fingerprint density at radius 2 is 1.04 bits per heavy atom. The van der Waals surface area contributed by atoms with E-state index in [1.807, 2.05) is 6.07 Å². The molecule has 2 heterocycles. The summed E-state index contributed by atoms with van der Waals surface area (Å²) in [6, 6.07) is 60.2. The van der Waals surface area contributed by atoms with Crippen molar-refractivity contribution in [2.45, 2.75) is 0 Å². The number of fused-ring (bicyclic) bond motifs is 6. The van der Waals surface area contributed by atoms with Crippen LogP contribution in [-0.4, -0.2) is 9.97 Å². The lowest BCUT2D eigenvalue weighted by molar-refractivity contribution is 0.669. The molecule has 0 N–H and O–H groups in total. The molecule has 0 unspecified atom stereocenters. The van der Waals surface area contributed by atoms with Gasteiger partial charge in [-0.1, -0.05) is 140 Å². The molecule has 51 heavy (non-hydrogen) atoms. The maximum absolute atomic E-state index is 6.44. The van der Waals surface area contributed by atoms with Crippen molar-refractivity contribution < 1.29 is 4.42 Å². The summed E-state index contributed by atoms with van der Waals surface area (Å²) >= 11 is 0. The van der Waals surface area contributed by atoms with Crippen molar-refractivity contribution in [2.24, 2.45) is 0 Å². The minimum Gasteiger partial charge on any atom is -0.456 e. The van der Waals surface area contributed by atoms with Crippen molar-refractivity contribution in [3.8, 4) is 44.9 Å². The van der Waals surface area contributed by atoms with E-state index < -0.39 is 0 Å². The highest BCUT2D eigenvalue weighted by Crippen LogP contribution is 2.47. The van der Waals surface area contributed by atoms with E-state index in [2.05, 4.69) is 164 Å². The number of aromatic nitrogens is 2. The molecule has 0 saturated heterocycles. The summed E-state index contributed by atoms with van der Waals surface area (Å²) in [5, 5.41) is 10.6. The van der Waals surface area contributed by atoms with Crippen LogP contribution in [0.15, 0.2) is 174 Å². The molecule has 11 aromatic rings. The first-order valence-corrected chi connectivity index (χ1v) is 17.3. The van der Waals surface area contributed by atoms with Crippen molar-refractivity contribution >= 4 is 65.2 Å². The lowest BCUT2D eigenvalue weighted by atomic mass is 9.88. The van der Waals surface area contributed by atoms with Crippen molar-refractivity contribution in [2.75, 3.05) is 0 Å². The molecular weight excluding hydrogens is 621 g/mol. The summed E-state index contributed by atoms with van der Waals surface area (Å²) < 4.78 is 6.44. The summed E-state index contributed by atoms with van der Waals surface area (Å²) in [6.07, 6.45) is 0. The number of furan rings is 1. The lowest BCUT2D eigenvalue weighted by Gasteiger charge is -2.14. The van der Waals surface area contributed by atoms with Gasteiger partial charge in [0.15, 0.2) is 5.82 Å². The van der Waals surface area contributed by atoms with Crippen LogP contribution in [0.5, 0.6) is 0 Å². The number of nitrogens with zero attached hydrogens (tertiary/aromatic N) is 2. The zero-order chi connectivity index (χ0) is 33.5. The summed E-state index contributed by atoms with van der Waals surface area (Å²) in [5.74, 6) is 0.711. The average molecular weight is 649 g/mol. The van der Waals surface area contributed by atoms with Crippen LogP contribution >= 0.6 is 0 Å². The molecule has 236 valence electrons. The van der Waals surface area contributed by atoms with Gasteiger partial charge in [0.25, 0.3) is 0 Å². The molecule has 0 atom stereocenters. The first-order valence-electron chi connectivity index (χ1n) is 17.3. The Morgan fingerprint density at radius 3 is 1.92 bits per heavy atom. The third-order valence-electron chi connectivity index (χ3n) is 10.4. The zero-order valence-corrected chi connectivity index (χ0v) is 27.5. The number of hydrogen-bond donors (Lipinski definition) is 0. The van der Waals surface area contributed by atoms with E-state index >= 15 is 0 Å². The Balaban J connectivity index is 1.15. The van der Waals surface area contributed by atoms with Crippen LogP contribution in [0.3, 0.4) is 0 Å². The molecule has 0 aliphatic heterocycles. The van der Waals surface area contributed by atoms with E-state index in [-0.39, 0.29) is 0 Å². The first kappa shape index (κ1) is 28.0. The van der Waals surface area contributed by atoms with Crippen LogP contribution in [0.1, 0.15) is 0 Å². The van der Waals surface area contributed by atoms with E-state index in [0.29, 0.717) is 5.82 Å². The average Bonchev–Trinajstić information content (AvgIpc) is 3.60. The van der Waals surface area contributed by atoms with E-state index in [0.717, 1.165) is 60.8 Å². The van der Waals surface area contributed by atoms with E-state index in [1.54, 1.807) is 0 Å². The molecule has 0 spiro atoms. The van der Waals surface area contributed by atoms with Gasteiger partial charge in [-0.3, -0.25) is 0 Å². The smallest absolute Gasteiger partial charge is 0.160 e. The van der Waals surface area contributed by atoms with Gasteiger partial charge in [0.2, 0.25) is 0 Å². The Bertz CT molecular complexity index is 3130. The van der Waals surface area contributed by atoms with Gasteiger partial charge in [0, 0.05) is 38.1 Å². The van der Waals surface area contributed by atoms with Crippen LogP contribution < -0.4 is 0 Å². The Kier molecular flexibility index (Phi) is 5.96. The first-order chi connectivity index (χ1) is 25.3. The van der Waals surface area contributed by atoms with Crippen molar-refractivity contribution in [3.05, 3.63) is 170 Å². The van der Waals surface area contributed by atoms with E-state index in [9.17, 15) is 0 Å². The molecule has 0 amide bonds. The normalized spacial score (nSPS) is 11.9. The van der Waals surface area contributed by atoms with Crippen LogP contribution in [0.25, 0.3) is 110 Å². The molecular formula is C48H28N2O. The largest absolute Gasteiger partial charge is 0.456 e. The van der Waals surface area contributed by atoms with Gasteiger partial charge in [-0.25, -0.2) is 9.97 Å². The van der Waals surface area contributed by atoms with Gasteiger partial charge in [-0.2, -0.15) is 0 Å². The van der Waals surface area contributed by atoms with Gasteiger partial charge < -0.3 is 4.42 Å². The quantitative estimate of drug-likeness (QED) is 0.178. The third-order valence-corrected chi connectivity index (χ3v) is 10.4. The monoisotopic (exact) mass is 648 g/mol. The maximum Gasteiger partial charge on any atom is 0.160 e. The third kappa shape index (κ3) is 4.25. The van der Waals surface area contributed by atoms with Crippen molar-refractivity contribution in [1.29, 1.82) is 0 Å². The van der Waals surface area contributed by atoms with Crippen LogP contribution in [0.2, 0.25) is 0 Å². The Hall–Kier alpha value is -6.84. The molecule has 11 rings (SSSR count).